The van der Waals surface area contributed by atoms with E-state index >= 15 is 0 Å². The summed E-state index contributed by atoms with van der Waals surface area (Å²) in [6, 6.07) is 7.31. The van der Waals surface area contributed by atoms with Crippen LogP contribution in [0.5, 0.6) is 0 Å². The molecule has 0 heterocycles. The van der Waals surface area contributed by atoms with Gasteiger partial charge >= 0.3 is 0 Å². The van der Waals surface area contributed by atoms with Crippen molar-refractivity contribution in [3.63, 3.8) is 0 Å². The van der Waals surface area contributed by atoms with Gasteiger partial charge in [0.05, 0.1) is 12.2 Å². The van der Waals surface area contributed by atoms with Gasteiger partial charge in [-0.3, -0.25) is 9.69 Å². The molecule has 4 nitrogen and oxygen atoms in total. The van der Waals surface area contributed by atoms with Crippen molar-refractivity contribution < 1.29 is 4.79 Å². The number of rotatable bonds is 7. The molecule has 1 amide bonds. The zero-order valence-electron chi connectivity index (χ0n) is 11.5. The third-order valence-corrected chi connectivity index (χ3v) is 3.04. The number of nitrogens with zero attached hydrogens (tertiary/aromatic N) is 1. The molecule has 0 bridgehead atoms. The SMILES string of the molecule is CCCN(CC)CC(=O)Nc1ccccc1C(N)=S. The second-order valence-corrected chi connectivity index (χ2v) is 4.77. The van der Waals surface area contributed by atoms with Crippen LogP contribution in [0.3, 0.4) is 0 Å². The molecule has 0 aromatic heterocycles. The van der Waals surface area contributed by atoms with Crippen LogP contribution in [-0.2, 0) is 4.79 Å². The molecule has 0 unspecified atom stereocenters. The average Bonchev–Trinajstić information content (AvgIpc) is 2.38. The van der Waals surface area contributed by atoms with E-state index in [0.29, 0.717) is 17.8 Å². The van der Waals surface area contributed by atoms with Gasteiger partial charge in [-0.05, 0) is 31.6 Å². The van der Waals surface area contributed by atoms with Crippen molar-refractivity contribution in [2.45, 2.75) is 20.3 Å². The van der Waals surface area contributed by atoms with Gasteiger partial charge in [0, 0.05) is 5.56 Å². The fraction of sp³-hybridized carbons (Fsp3) is 0.429. The lowest BCUT2D eigenvalue weighted by molar-refractivity contribution is -0.117. The molecule has 0 aliphatic heterocycles. The number of nitrogens with one attached hydrogen (secondary N) is 1. The summed E-state index contributed by atoms with van der Waals surface area (Å²) in [5.41, 5.74) is 7.01. The van der Waals surface area contributed by atoms with Gasteiger partial charge in [-0.1, -0.05) is 38.2 Å². The second kappa shape index (κ2) is 7.86. The predicted molar refractivity (Wildman–Crippen MR) is 83.4 cm³/mol. The van der Waals surface area contributed by atoms with Crippen molar-refractivity contribution in [1.29, 1.82) is 0 Å². The van der Waals surface area contributed by atoms with Gasteiger partial charge in [-0.2, -0.15) is 0 Å². The lowest BCUT2D eigenvalue weighted by Crippen LogP contribution is -2.34. The first-order valence-corrected chi connectivity index (χ1v) is 6.90. The molecule has 104 valence electrons. The Balaban J connectivity index is 2.69. The van der Waals surface area contributed by atoms with E-state index < -0.39 is 0 Å². The minimum Gasteiger partial charge on any atom is -0.389 e. The summed E-state index contributed by atoms with van der Waals surface area (Å²) in [6.45, 7) is 6.31. The Morgan fingerprint density at radius 1 is 1.37 bits per heavy atom. The fourth-order valence-electron chi connectivity index (χ4n) is 1.87. The Morgan fingerprint density at radius 2 is 2.05 bits per heavy atom. The van der Waals surface area contributed by atoms with Crippen molar-refractivity contribution in [1.82, 2.24) is 4.90 Å². The lowest BCUT2D eigenvalue weighted by Gasteiger charge is -2.19. The van der Waals surface area contributed by atoms with Crippen LogP contribution in [0, 0.1) is 0 Å². The summed E-state index contributed by atoms with van der Waals surface area (Å²) in [6.07, 6.45) is 1.03. The van der Waals surface area contributed by atoms with Crippen molar-refractivity contribution in [2.75, 3.05) is 25.0 Å². The Kier molecular flexibility index (Phi) is 6.45. The predicted octanol–water partition coefficient (Wildman–Crippen LogP) is 1.99. The van der Waals surface area contributed by atoms with Crippen molar-refractivity contribution >= 4 is 28.8 Å². The van der Waals surface area contributed by atoms with E-state index in [1.165, 1.54) is 0 Å². The summed E-state index contributed by atoms with van der Waals surface area (Å²) in [4.78, 5) is 14.4. The maximum absolute atomic E-state index is 12.0. The van der Waals surface area contributed by atoms with Crippen LogP contribution in [-0.4, -0.2) is 35.4 Å². The standard InChI is InChI=1S/C14H21N3OS/c1-3-9-17(4-2)10-13(18)16-12-8-6-5-7-11(12)14(15)19/h5-8H,3-4,9-10H2,1-2H3,(H2,15,19)(H,16,18). The highest BCUT2D eigenvalue weighted by molar-refractivity contribution is 7.80. The molecule has 0 radical (unpaired) electrons. The molecule has 19 heavy (non-hydrogen) atoms. The van der Waals surface area contributed by atoms with E-state index in [-0.39, 0.29) is 10.9 Å². The number of carbonyl (C=O) groups excluding carboxylic acids is 1. The number of nitrogens with two attached hydrogens (primary N) is 1. The molecule has 1 rings (SSSR count). The molecule has 0 aliphatic rings. The fourth-order valence-corrected chi connectivity index (χ4v) is 2.04. The topological polar surface area (TPSA) is 58.4 Å². The number of hydrogen-bond donors (Lipinski definition) is 2. The van der Waals surface area contributed by atoms with E-state index in [0.717, 1.165) is 19.5 Å². The van der Waals surface area contributed by atoms with Crippen LogP contribution >= 0.6 is 12.2 Å². The summed E-state index contributed by atoms with van der Waals surface area (Å²) in [7, 11) is 0. The van der Waals surface area contributed by atoms with Gasteiger partial charge < -0.3 is 11.1 Å². The lowest BCUT2D eigenvalue weighted by atomic mass is 10.2. The van der Waals surface area contributed by atoms with Crippen LogP contribution in [0.1, 0.15) is 25.8 Å². The van der Waals surface area contributed by atoms with E-state index in [4.69, 9.17) is 18.0 Å². The quantitative estimate of drug-likeness (QED) is 0.749. The number of likely N-dealkylation sites (N-methyl/N-ethyl adjacent to an activating group) is 1. The molecule has 0 saturated carbocycles. The van der Waals surface area contributed by atoms with Crippen molar-refractivity contribution in [3.05, 3.63) is 29.8 Å². The number of thiocarbonyl (C=S) groups is 1. The molecule has 5 heteroatoms. The first-order valence-electron chi connectivity index (χ1n) is 6.49. The molecule has 0 saturated heterocycles. The minimum absolute atomic E-state index is 0.0426. The van der Waals surface area contributed by atoms with Gasteiger partial charge in [-0.15, -0.1) is 0 Å². The minimum atomic E-state index is -0.0426. The first-order chi connectivity index (χ1) is 9.08. The van der Waals surface area contributed by atoms with Crippen LogP contribution in [0.15, 0.2) is 24.3 Å². The summed E-state index contributed by atoms with van der Waals surface area (Å²) in [5.74, 6) is -0.0426. The van der Waals surface area contributed by atoms with Crippen LogP contribution in [0.4, 0.5) is 5.69 Å². The van der Waals surface area contributed by atoms with Gasteiger partial charge in [0.15, 0.2) is 0 Å². The van der Waals surface area contributed by atoms with E-state index in [2.05, 4.69) is 17.1 Å². The first kappa shape index (κ1) is 15.6. The number of amides is 1. The third kappa shape index (κ3) is 4.96. The maximum Gasteiger partial charge on any atom is 0.238 e. The summed E-state index contributed by atoms with van der Waals surface area (Å²) in [5, 5.41) is 2.87. The van der Waals surface area contributed by atoms with E-state index in [9.17, 15) is 4.79 Å². The molecule has 0 aliphatic carbocycles. The highest BCUT2D eigenvalue weighted by Gasteiger charge is 2.11. The molecular weight excluding hydrogens is 258 g/mol. The van der Waals surface area contributed by atoms with Crippen molar-refractivity contribution in [2.24, 2.45) is 5.73 Å². The van der Waals surface area contributed by atoms with Crippen LogP contribution in [0.25, 0.3) is 0 Å². The Morgan fingerprint density at radius 3 is 2.63 bits per heavy atom. The van der Waals surface area contributed by atoms with Gasteiger partial charge in [0.2, 0.25) is 5.91 Å². The van der Waals surface area contributed by atoms with Gasteiger partial charge in [-0.25, -0.2) is 0 Å². The highest BCUT2D eigenvalue weighted by Crippen LogP contribution is 2.14. The number of para-hydroxylation sites is 1. The second-order valence-electron chi connectivity index (χ2n) is 4.33. The average molecular weight is 279 g/mol. The van der Waals surface area contributed by atoms with E-state index in [1.807, 2.05) is 31.2 Å². The van der Waals surface area contributed by atoms with Gasteiger partial charge in [0.25, 0.3) is 0 Å². The highest BCUT2D eigenvalue weighted by atomic mass is 32.1. The maximum atomic E-state index is 12.0. The summed E-state index contributed by atoms with van der Waals surface area (Å²) >= 11 is 4.97. The molecule has 0 atom stereocenters. The molecule has 3 N–H and O–H groups in total. The van der Waals surface area contributed by atoms with E-state index in [1.54, 1.807) is 0 Å². The Bertz CT molecular complexity index is 448. The van der Waals surface area contributed by atoms with Crippen molar-refractivity contribution in [3.8, 4) is 0 Å². The molecule has 0 spiro atoms. The Hall–Kier alpha value is -1.46. The zero-order valence-corrected chi connectivity index (χ0v) is 12.3. The number of benzene rings is 1. The van der Waals surface area contributed by atoms with Gasteiger partial charge in [0.1, 0.15) is 4.99 Å². The van der Waals surface area contributed by atoms with Crippen LogP contribution in [0.2, 0.25) is 0 Å². The Labute approximate surface area is 120 Å². The van der Waals surface area contributed by atoms with Crippen LogP contribution < -0.4 is 11.1 Å². The number of carbonyl (C=O) groups is 1. The molecule has 0 fully saturated rings. The number of anilines is 1. The normalized spacial score (nSPS) is 10.5. The molecular formula is C14H21N3OS. The number of hydrogen-bond acceptors (Lipinski definition) is 3. The monoisotopic (exact) mass is 279 g/mol. The molecule has 1 aromatic rings. The zero-order chi connectivity index (χ0) is 14.3. The largest absolute Gasteiger partial charge is 0.389 e. The summed E-state index contributed by atoms with van der Waals surface area (Å²) < 4.78 is 0. The molecule has 1 aromatic carbocycles. The smallest absolute Gasteiger partial charge is 0.238 e. The third-order valence-electron chi connectivity index (χ3n) is 2.82.